The van der Waals surface area contributed by atoms with Crippen LogP contribution in [0.25, 0.3) is 0 Å². The van der Waals surface area contributed by atoms with Gasteiger partial charge in [0.1, 0.15) is 6.10 Å². The molecule has 0 aromatic rings. The highest BCUT2D eigenvalue weighted by Gasteiger charge is 2.25. The van der Waals surface area contributed by atoms with Gasteiger partial charge in [0.15, 0.2) is 0 Å². The predicted molar refractivity (Wildman–Crippen MR) is 224 cm³/mol. The van der Waals surface area contributed by atoms with Crippen molar-refractivity contribution in [2.45, 2.75) is 232 Å². The molecule has 0 radical (unpaired) electrons. The van der Waals surface area contributed by atoms with E-state index in [0.717, 1.165) is 32.1 Å². The molecule has 0 aromatic heterocycles. The zero-order valence-corrected chi connectivity index (χ0v) is 35.9. The van der Waals surface area contributed by atoms with Crippen LogP contribution < -0.4 is 5.73 Å². The first kappa shape index (κ1) is 52.2. The molecule has 0 saturated carbocycles. The first-order valence-electron chi connectivity index (χ1n) is 22.7. The number of ether oxygens (including phenoxy) is 2. The number of unbranched alkanes of at least 4 members (excludes halogenated alkanes) is 29. The molecule has 0 spiro atoms. The maximum atomic E-state index is 12.6. The summed E-state index contributed by atoms with van der Waals surface area (Å²) in [5, 5.41) is 0. The quantitative estimate of drug-likeness (QED) is 0.0272. The number of hydrogen-bond donors (Lipinski definition) is 2. The van der Waals surface area contributed by atoms with Crippen molar-refractivity contribution in [3.8, 4) is 0 Å². The Kier molecular flexibility index (Phi) is 41.8. The summed E-state index contributed by atoms with van der Waals surface area (Å²) >= 11 is 0. The second-order valence-corrected chi connectivity index (χ2v) is 16.7. The summed E-state index contributed by atoms with van der Waals surface area (Å²) in [5.74, 6) is -0.328. The number of phosphoric acid groups is 1. The summed E-state index contributed by atoms with van der Waals surface area (Å²) in [5.41, 5.74) is 5.37. The van der Waals surface area contributed by atoms with Gasteiger partial charge in [0.05, 0.1) is 19.8 Å². The summed E-state index contributed by atoms with van der Waals surface area (Å²) < 4.78 is 33.4. The number of allylic oxidation sites excluding steroid dienone is 2. The molecule has 0 amide bonds. The minimum absolute atomic E-state index is 0.0934. The Hall–Kier alpha value is -0.760. The van der Waals surface area contributed by atoms with Gasteiger partial charge in [-0.15, -0.1) is 0 Å². The predicted octanol–water partition coefficient (Wildman–Crippen LogP) is 13.5. The number of carbonyl (C=O) groups is 1. The lowest BCUT2D eigenvalue weighted by molar-refractivity contribution is -0.154. The van der Waals surface area contributed by atoms with Crippen molar-refractivity contribution in [1.29, 1.82) is 0 Å². The Morgan fingerprint density at radius 3 is 1.45 bits per heavy atom. The van der Waals surface area contributed by atoms with Crippen LogP contribution in [0.5, 0.6) is 0 Å². The van der Waals surface area contributed by atoms with Crippen LogP contribution in [-0.2, 0) is 27.9 Å². The summed E-state index contributed by atoms with van der Waals surface area (Å²) in [6.07, 6.45) is 45.3. The highest BCUT2D eigenvalue weighted by molar-refractivity contribution is 7.47. The Morgan fingerprint density at radius 2 is 0.981 bits per heavy atom. The summed E-state index contributed by atoms with van der Waals surface area (Å²) in [7, 11) is -4.27. The van der Waals surface area contributed by atoms with Crippen LogP contribution in [0, 0.1) is 0 Å². The molecule has 53 heavy (non-hydrogen) atoms. The van der Waals surface area contributed by atoms with Gasteiger partial charge < -0.3 is 20.1 Å². The smallest absolute Gasteiger partial charge is 0.457 e. The first-order chi connectivity index (χ1) is 25.9. The van der Waals surface area contributed by atoms with Crippen LogP contribution in [0.3, 0.4) is 0 Å². The topological polar surface area (TPSA) is 117 Å². The van der Waals surface area contributed by atoms with E-state index in [2.05, 4.69) is 26.0 Å². The van der Waals surface area contributed by atoms with E-state index in [9.17, 15) is 14.3 Å². The molecule has 0 aliphatic carbocycles. The SMILES string of the molecule is CCC/C=C\CCCCCCCCOCC(COP(=O)(O)OCCN)OC(=O)CCCCCCCCCCCCCCCCCCCCCCCCC. The van der Waals surface area contributed by atoms with Gasteiger partial charge in [-0.1, -0.05) is 199 Å². The van der Waals surface area contributed by atoms with Crippen molar-refractivity contribution in [2.24, 2.45) is 5.73 Å². The zero-order valence-electron chi connectivity index (χ0n) is 35.0. The minimum Gasteiger partial charge on any atom is -0.457 e. The molecule has 316 valence electrons. The molecule has 3 N–H and O–H groups in total. The molecule has 9 heteroatoms. The molecule has 8 nitrogen and oxygen atoms in total. The third-order valence-electron chi connectivity index (χ3n) is 9.91. The highest BCUT2D eigenvalue weighted by atomic mass is 31.2. The van der Waals surface area contributed by atoms with Crippen LogP contribution >= 0.6 is 7.82 Å². The van der Waals surface area contributed by atoms with Crippen LogP contribution in [0.1, 0.15) is 226 Å². The maximum absolute atomic E-state index is 12.6. The van der Waals surface area contributed by atoms with Crippen molar-refractivity contribution in [3.63, 3.8) is 0 Å². The van der Waals surface area contributed by atoms with Gasteiger partial charge in [0.2, 0.25) is 0 Å². The van der Waals surface area contributed by atoms with Gasteiger partial charge in [-0.25, -0.2) is 4.57 Å². The van der Waals surface area contributed by atoms with E-state index in [-0.39, 0.29) is 32.3 Å². The van der Waals surface area contributed by atoms with Crippen molar-refractivity contribution in [2.75, 3.05) is 33.0 Å². The van der Waals surface area contributed by atoms with Gasteiger partial charge >= 0.3 is 13.8 Å². The lowest BCUT2D eigenvalue weighted by Crippen LogP contribution is -2.28. The average Bonchev–Trinajstić information content (AvgIpc) is 3.15. The largest absolute Gasteiger partial charge is 0.472 e. The van der Waals surface area contributed by atoms with E-state index in [4.69, 9.17) is 24.3 Å². The Morgan fingerprint density at radius 1 is 0.547 bits per heavy atom. The van der Waals surface area contributed by atoms with E-state index in [1.807, 2.05) is 0 Å². The summed E-state index contributed by atoms with van der Waals surface area (Å²) in [6, 6.07) is 0. The molecule has 2 unspecified atom stereocenters. The molecule has 0 bridgehead atoms. The molecule has 0 rings (SSSR count). The van der Waals surface area contributed by atoms with Crippen LogP contribution in [-0.4, -0.2) is 49.9 Å². The molecule has 0 aliphatic heterocycles. The standard InChI is InChI=1S/C44H88NO7P/c1-3-5-7-9-11-13-15-16-17-18-19-20-21-22-23-24-25-26-27-29-31-33-35-37-44(46)52-43(42-51-53(47,48)50-40-38-45)41-49-39-36-34-32-30-28-14-12-10-8-6-4-2/h8,10,43H,3-7,9,11-42,45H2,1-2H3,(H,47,48)/b10-8-. The van der Waals surface area contributed by atoms with E-state index in [1.54, 1.807) is 0 Å². The lowest BCUT2D eigenvalue weighted by Gasteiger charge is -2.20. The van der Waals surface area contributed by atoms with E-state index < -0.39 is 13.9 Å². The zero-order chi connectivity index (χ0) is 38.8. The molecular weight excluding hydrogens is 685 g/mol. The molecular formula is C44H88NO7P. The number of esters is 1. The monoisotopic (exact) mass is 774 g/mol. The molecule has 0 fully saturated rings. The molecule has 0 aromatic carbocycles. The Labute approximate surface area is 328 Å². The number of rotatable bonds is 44. The Balaban J connectivity index is 3.87. The fraction of sp³-hybridized carbons (Fsp3) is 0.932. The fourth-order valence-electron chi connectivity index (χ4n) is 6.59. The van der Waals surface area contributed by atoms with Crippen molar-refractivity contribution >= 4 is 13.8 Å². The van der Waals surface area contributed by atoms with E-state index in [0.29, 0.717) is 13.0 Å². The van der Waals surface area contributed by atoms with E-state index in [1.165, 1.54) is 173 Å². The first-order valence-corrected chi connectivity index (χ1v) is 24.2. The number of nitrogens with two attached hydrogens (primary N) is 1. The van der Waals surface area contributed by atoms with Gasteiger partial charge in [0, 0.05) is 19.6 Å². The maximum Gasteiger partial charge on any atom is 0.472 e. The minimum atomic E-state index is -4.27. The fourth-order valence-corrected chi connectivity index (χ4v) is 7.35. The van der Waals surface area contributed by atoms with Crippen molar-refractivity contribution < 1.29 is 32.8 Å². The van der Waals surface area contributed by atoms with Crippen LogP contribution in [0.4, 0.5) is 0 Å². The molecule has 0 heterocycles. The van der Waals surface area contributed by atoms with E-state index >= 15 is 0 Å². The lowest BCUT2D eigenvalue weighted by atomic mass is 10.0. The van der Waals surface area contributed by atoms with Crippen LogP contribution in [0.15, 0.2) is 12.2 Å². The third kappa shape index (κ3) is 42.2. The highest BCUT2D eigenvalue weighted by Crippen LogP contribution is 2.43. The second kappa shape index (κ2) is 42.4. The van der Waals surface area contributed by atoms with Gasteiger partial charge in [0.25, 0.3) is 0 Å². The normalized spacial score (nSPS) is 13.5. The summed E-state index contributed by atoms with van der Waals surface area (Å²) in [4.78, 5) is 22.5. The average molecular weight is 774 g/mol. The Bertz CT molecular complexity index is 828. The summed E-state index contributed by atoms with van der Waals surface area (Å²) in [6.45, 7) is 4.90. The third-order valence-corrected chi connectivity index (χ3v) is 10.9. The number of phosphoric ester groups is 1. The van der Waals surface area contributed by atoms with Gasteiger partial charge in [-0.2, -0.15) is 0 Å². The van der Waals surface area contributed by atoms with Crippen LogP contribution in [0.2, 0.25) is 0 Å². The molecule has 2 atom stereocenters. The van der Waals surface area contributed by atoms with Gasteiger partial charge in [-0.3, -0.25) is 13.8 Å². The second-order valence-electron chi connectivity index (χ2n) is 15.3. The van der Waals surface area contributed by atoms with Crippen molar-refractivity contribution in [3.05, 3.63) is 12.2 Å². The van der Waals surface area contributed by atoms with Crippen molar-refractivity contribution in [1.82, 2.24) is 0 Å². The molecule has 0 saturated heterocycles. The van der Waals surface area contributed by atoms with Gasteiger partial charge in [-0.05, 0) is 32.1 Å². The number of hydrogen-bond acceptors (Lipinski definition) is 7. The molecule has 0 aliphatic rings. The number of carbonyl (C=O) groups excluding carboxylic acids is 1.